The number of fused-ring (bicyclic) bond motifs is 1. The van der Waals surface area contributed by atoms with Gasteiger partial charge in [0.1, 0.15) is 6.04 Å². The maximum Gasteiger partial charge on any atom is 0.260 e. The van der Waals surface area contributed by atoms with Gasteiger partial charge < -0.3 is 5.32 Å². The molecule has 0 unspecified atom stereocenters. The van der Waals surface area contributed by atoms with Gasteiger partial charge in [0.05, 0.1) is 0 Å². The van der Waals surface area contributed by atoms with Gasteiger partial charge in [0.2, 0.25) is 17.8 Å². The van der Waals surface area contributed by atoms with Gasteiger partial charge in [0.15, 0.2) is 0 Å². The Morgan fingerprint density at radius 3 is 2.34 bits per heavy atom. The van der Waals surface area contributed by atoms with Crippen molar-refractivity contribution in [1.29, 1.82) is 0 Å². The van der Waals surface area contributed by atoms with Crippen LogP contribution in [0.1, 0.15) is 30.0 Å². The van der Waals surface area contributed by atoms with Crippen molar-refractivity contribution in [3.05, 3.63) is 76.8 Å². The van der Waals surface area contributed by atoms with Crippen LogP contribution in [0.15, 0.2) is 60.7 Å². The van der Waals surface area contributed by atoms with Crippen molar-refractivity contribution in [3.63, 3.8) is 0 Å². The fourth-order valence-corrected chi connectivity index (χ4v) is 3.69. The first-order chi connectivity index (χ1) is 14.1. The van der Waals surface area contributed by atoms with Crippen molar-refractivity contribution in [2.45, 2.75) is 18.9 Å². The predicted octanol–water partition coefficient (Wildman–Crippen LogP) is 3.64. The van der Waals surface area contributed by atoms with Gasteiger partial charge in [-0.2, -0.15) is 4.98 Å². The van der Waals surface area contributed by atoms with Crippen LogP contribution in [0.3, 0.4) is 0 Å². The minimum atomic E-state index is -0.280. The minimum Gasteiger partial charge on any atom is -0.324 e. The number of nitrogens with one attached hydrogen (secondary N) is 1. The fourth-order valence-electron chi connectivity index (χ4n) is 3.56. The number of amides is 2. The van der Waals surface area contributed by atoms with E-state index in [4.69, 9.17) is 11.6 Å². The molecule has 1 N–H and O–H groups in total. The second-order valence-corrected chi connectivity index (χ2v) is 7.31. The molecule has 3 aromatic rings. The van der Waals surface area contributed by atoms with Crippen LogP contribution in [-0.2, 0) is 9.59 Å². The molecule has 1 aromatic heterocycles. The second kappa shape index (κ2) is 6.86. The van der Waals surface area contributed by atoms with Crippen LogP contribution in [0, 0.1) is 0 Å². The van der Waals surface area contributed by atoms with Crippen LogP contribution >= 0.6 is 11.6 Å². The van der Waals surface area contributed by atoms with Crippen molar-refractivity contribution in [2.24, 2.45) is 0 Å². The number of halogens is 1. The molecule has 3 heterocycles. The van der Waals surface area contributed by atoms with Crippen LogP contribution < -0.4 is 10.2 Å². The van der Waals surface area contributed by atoms with Gasteiger partial charge in [-0.15, -0.1) is 5.10 Å². The number of anilines is 2. The Morgan fingerprint density at radius 2 is 1.66 bits per heavy atom. The molecule has 2 aliphatic heterocycles. The number of carbonyl (C=O) groups is 2. The monoisotopic (exact) mass is 405 g/mol. The normalized spacial score (nSPS) is 18.4. The van der Waals surface area contributed by atoms with Gasteiger partial charge in [-0.25, -0.2) is 9.58 Å². The molecule has 2 aromatic carbocycles. The molecule has 29 heavy (non-hydrogen) atoms. The van der Waals surface area contributed by atoms with Crippen LogP contribution in [0.4, 0.5) is 11.9 Å². The summed E-state index contributed by atoms with van der Waals surface area (Å²) >= 11 is 6.05. The lowest BCUT2D eigenvalue weighted by molar-refractivity contribution is -0.121. The third-order valence-electron chi connectivity index (χ3n) is 5.00. The summed E-state index contributed by atoms with van der Waals surface area (Å²) < 4.78 is 1.68. The number of imide groups is 1. The molecule has 0 radical (unpaired) electrons. The number of nitrogens with zero attached hydrogens (tertiary/aromatic N) is 4. The highest BCUT2D eigenvalue weighted by atomic mass is 35.5. The number of carbonyl (C=O) groups excluding carboxylic acids is 2. The Bertz CT molecular complexity index is 1120. The van der Waals surface area contributed by atoms with Gasteiger partial charge >= 0.3 is 0 Å². The molecule has 0 bridgehead atoms. The highest BCUT2D eigenvalue weighted by Crippen LogP contribution is 2.34. The first-order valence-electron chi connectivity index (χ1n) is 9.22. The molecule has 0 spiro atoms. The molecule has 8 heteroatoms. The number of rotatable bonds is 3. The van der Waals surface area contributed by atoms with E-state index in [1.165, 1.54) is 0 Å². The van der Waals surface area contributed by atoms with Crippen molar-refractivity contribution in [2.75, 3.05) is 10.2 Å². The highest BCUT2D eigenvalue weighted by molar-refractivity contribution is 6.30. The summed E-state index contributed by atoms with van der Waals surface area (Å²) in [5.41, 5.74) is 2.83. The SMILES string of the molecule is O=C1CCC(=O)N1c1nc2n(n1)[C@H](c1ccc(Cl)cc1)C=C(c1ccccc1)N2. The third kappa shape index (κ3) is 3.09. The summed E-state index contributed by atoms with van der Waals surface area (Å²) in [6.45, 7) is 0. The standard InChI is InChI=1S/C21H16ClN5O2/c22-15-8-6-14(7-9-15)17-12-16(13-4-2-1-3-5-13)23-20-24-21(25-27(17)20)26-18(28)10-11-19(26)29/h1-9,12,17H,10-11H2,(H,23,24,25)/t17-/m0/s1. The van der Waals surface area contributed by atoms with Gasteiger partial charge in [-0.05, 0) is 29.3 Å². The van der Waals surface area contributed by atoms with E-state index in [1.54, 1.807) is 4.68 Å². The zero-order chi connectivity index (χ0) is 20.0. The molecule has 1 fully saturated rings. The molecule has 7 nitrogen and oxygen atoms in total. The maximum atomic E-state index is 12.1. The van der Waals surface area contributed by atoms with Crippen LogP contribution in [0.5, 0.6) is 0 Å². The van der Waals surface area contributed by atoms with E-state index in [0.29, 0.717) is 11.0 Å². The lowest BCUT2D eigenvalue weighted by Crippen LogP contribution is -2.29. The summed E-state index contributed by atoms with van der Waals surface area (Å²) in [7, 11) is 0. The lowest BCUT2D eigenvalue weighted by Gasteiger charge is -2.24. The zero-order valence-electron chi connectivity index (χ0n) is 15.2. The Hall–Kier alpha value is -3.45. The van der Waals surface area contributed by atoms with E-state index >= 15 is 0 Å². The van der Waals surface area contributed by atoms with Crippen LogP contribution in [-0.4, -0.2) is 26.6 Å². The molecule has 2 aliphatic rings. The van der Waals surface area contributed by atoms with E-state index in [-0.39, 0.29) is 36.6 Å². The van der Waals surface area contributed by atoms with E-state index in [0.717, 1.165) is 21.7 Å². The first-order valence-corrected chi connectivity index (χ1v) is 9.60. The fraction of sp³-hybridized carbons (Fsp3) is 0.143. The predicted molar refractivity (Wildman–Crippen MR) is 109 cm³/mol. The number of aromatic nitrogens is 3. The summed E-state index contributed by atoms with van der Waals surface area (Å²) in [6.07, 6.45) is 2.41. The Labute approximate surface area is 171 Å². The largest absolute Gasteiger partial charge is 0.324 e. The summed E-state index contributed by atoms with van der Waals surface area (Å²) in [5.74, 6) is 0.00458. The van der Waals surface area contributed by atoms with E-state index in [2.05, 4.69) is 15.4 Å². The summed E-state index contributed by atoms with van der Waals surface area (Å²) in [5, 5.41) is 8.41. The Morgan fingerprint density at radius 1 is 0.966 bits per heavy atom. The summed E-state index contributed by atoms with van der Waals surface area (Å²) in [4.78, 5) is 29.8. The van der Waals surface area contributed by atoms with Gasteiger partial charge in [-0.3, -0.25) is 9.59 Å². The van der Waals surface area contributed by atoms with E-state index in [9.17, 15) is 9.59 Å². The lowest BCUT2D eigenvalue weighted by atomic mass is 10.0. The second-order valence-electron chi connectivity index (χ2n) is 6.87. The zero-order valence-corrected chi connectivity index (χ0v) is 16.0. The number of allylic oxidation sites excluding steroid dienone is 1. The topological polar surface area (TPSA) is 80.1 Å². The molecule has 1 atom stereocenters. The number of hydrogen-bond acceptors (Lipinski definition) is 5. The highest BCUT2D eigenvalue weighted by Gasteiger charge is 2.35. The van der Waals surface area contributed by atoms with Gasteiger partial charge in [0.25, 0.3) is 5.95 Å². The minimum absolute atomic E-state index is 0.0988. The molecular formula is C21H16ClN5O2. The Kier molecular flexibility index (Phi) is 4.17. The van der Waals surface area contributed by atoms with Crippen molar-refractivity contribution < 1.29 is 9.59 Å². The van der Waals surface area contributed by atoms with Gasteiger partial charge in [0, 0.05) is 23.6 Å². The average molecular weight is 406 g/mol. The third-order valence-corrected chi connectivity index (χ3v) is 5.25. The number of benzene rings is 2. The van der Waals surface area contributed by atoms with Gasteiger partial charge in [-0.1, -0.05) is 54.1 Å². The molecule has 2 amide bonds. The maximum absolute atomic E-state index is 12.1. The van der Waals surface area contributed by atoms with Crippen molar-refractivity contribution in [3.8, 4) is 0 Å². The molecule has 0 saturated carbocycles. The average Bonchev–Trinajstić information content (AvgIpc) is 3.30. The van der Waals surface area contributed by atoms with E-state index < -0.39 is 0 Å². The molecule has 5 rings (SSSR count). The summed E-state index contributed by atoms with van der Waals surface area (Å²) in [6, 6.07) is 17.1. The van der Waals surface area contributed by atoms with Crippen molar-refractivity contribution in [1.82, 2.24) is 14.8 Å². The number of hydrogen-bond donors (Lipinski definition) is 1. The first kappa shape index (κ1) is 17.6. The van der Waals surface area contributed by atoms with Crippen LogP contribution in [0.2, 0.25) is 5.02 Å². The quantitative estimate of drug-likeness (QED) is 0.673. The Balaban J connectivity index is 1.61. The molecule has 144 valence electrons. The smallest absolute Gasteiger partial charge is 0.260 e. The molecule has 0 aliphatic carbocycles. The van der Waals surface area contributed by atoms with E-state index in [1.807, 2.05) is 60.7 Å². The van der Waals surface area contributed by atoms with Crippen molar-refractivity contribution >= 4 is 41.0 Å². The molecular weight excluding hydrogens is 390 g/mol. The molecule has 1 saturated heterocycles. The van der Waals surface area contributed by atoms with Crippen LogP contribution in [0.25, 0.3) is 5.70 Å².